The Labute approximate surface area is 261 Å². The topological polar surface area (TPSA) is 70.8 Å². The van der Waals surface area contributed by atoms with Crippen LogP contribution >= 0.6 is 23.2 Å². The lowest BCUT2D eigenvalue weighted by atomic mass is 10.0. The summed E-state index contributed by atoms with van der Waals surface area (Å²) in [6, 6.07) is 8.07. The summed E-state index contributed by atoms with van der Waals surface area (Å²) in [7, 11) is 0. The van der Waals surface area contributed by atoms with Crippen molar-refractivity contribution in [2.45, 2.75) is 91.9 Å². The molecule has 3 unspecified atom stereocenters. The highest BCUT2D eigenvalue weighted by Gasteiger charge is 2.30. The van der Waals surface area contributed by atoms with Gasteiger partial charge in [-0.25, -0.2) is 0 Å². The maximum atomic E-state index is 11.8. The summed E-state index contributed by atoms with van der Waals surface area (Å²) < 4.78 is 3.94. The molecular weight excluding hydrogens is 573 g/mol. The summed E-state index contributed by atoms with van der Waals surface area (Å²) in [4.78, 5) is 40.2. The van der Waals surface area contributed by atoms with E-state index >= 15 is 0 Å². The van der Waals surface area contributed by atoms with Crippen molar-refractivity contribution < 1.29 is 14.4 Å². The van der Waals surface area contributed by atoms with Gasteiger partial charge in [-0.05, 0) is 61.3 Å². The van der Waals surface area contributed by atoms with Crippen LogP contribution in [0, 0.1) is 17.8 Å². The van der Waals surface area contributed by atoms with Crippen LogP contribution in [0.15, 0.2) is 42.9 Å². The zero-order valence-corrected chi connectivity index (χ0v) is 27.1. The van der Waals surface area contributed by atoms with Gasteiger partial charge in [0.25, 0.3) is 0 Å². The average Bonchev–Trinajstić information content (AvgIpc) is 3.79. The summed E-state index contributed by atoms with van der Waals surface area (Å²) in [5.41, 5.74) is 0. The molecule has 0 aromatic carbocycles. The maximum Gasteiger partial charge on any atom is 0.224 e. The van der Waals surface area contributed by atoms with Crippen LogP contribution < -0.4 is 0 Å². The molecular formula is C32H49Cl2N5O3. The Morgan fingerprint density at radius 1 is 0.667 bits per heavy atom. The molecule has 0 N–H and O–H groups in total. The molecule has 5 rings (SSSR count). The normalized spacial score (nSPS) is 22.0. The number of aromatic nitrogens is 2. The number of hydrogen-bond acceptors (Lipinski definition) is 3. The van der Waals surface area contributed by atoms with Crippen molar-refractivity contribution in [3.63, 3.8) is 0 Å². The van der Waals surface area contributed by atoms with Gasteiger partial charge >= 0.3 is 0 Å². The lowest BCUT2D eigenvalue weighted by Gasteiger charge is -2.18. The Morgan fingerprint density at radius 3 is 1.52 bits per heavy atom. The second kappa shape index (κ2) is 17.6. The van der Waals surface area contributed by atoms with Gasteiger partial charge in [0.2, 0.25) is 17.7 Å². The molecule has 42 heavy (non-hydrogen) atoms. The zero-order chi connectivity index (χ0) is 30.5. The van der Waals surface area contributed by atoms with Gasteiger partial charge in [0.15, 0.2) is 0 Å². The van der Waals surface area contributed by atoms with E-state index in [1.807, 2.05) is 61.8 Å². The van der Waals surface area contributed by atoms with Crippen molar-refractivity contribution in [2.24, 2.45) is 17.8 Å². The van der Waals surface area contributed by atoms with Gasteiger partial charge in [0, 0.05) is 57.5 Å². The summed E-state index contributed by atoms with van der Waals surface area (Å²) >= 11 is 11.6. The molecule has 234 valence electrons. The lowest BCUT2D eigenvalue weighted by molar-refractivity contribution is -0.129. The molecule has 8 nitrogen and oxygen atoms in total. The Balaban J connectivity index is 0.000000176. The molecule has 2 aromatic heterocycles. The lowest BCUT2D eigenvalue weighted by Crippen LogP contribution is -2.27. The first-order valence-corrected chi connectivity index (χ1v) is 16.5. The number of carbonyl (C=O) groups excluding carboxylic acids is 3. The Kier molecular flexibility index (Phi) is 14.3. The van der Waals surface area contributed by atoms with E-state index in [1.165, 1.54) is 12.8 Å². The summed E-state index contributed by atoms with van der Waals surface area (Å²) in [6.45, 7) is 10.5. The van der Waals surface area contributed by atoms with Gasteiger partial charge in [0.1, 0.15) is 5.15 Å². The van der Waals surface area contributed by atoms with Gasteiger partial charge in [-0.3, -0.25) is 14.4 Å². The minimum Gasteiger partial charge on any atom is -0.336 e. The van der Waals surface area contributed by atoms with Gasteiger partial charge in [-0.2, -0.15) is 0 Å². The molecule has 5 heterocycles. The number of likely N-dealkylation sites (tertiary alicyclic amines) is 3. The third kappa shape index (κ3) is 10.4. The standard InChI is InChI=1S/C12H17ClN2O.C12H18N2O.C8H14ClNO/c1-2-4-10-7-12(16)15(8-10)9-14-6-3-5-11(14)13;1-2-5-11-8-12(15)14(9-11)10-13-6-3-4-7-13;1-2-3-7-4-8(11)10(5-7)6-9/h3,5-6,10H,2,4,7-9H2,1H3;3-4,6-7,11H,2,5,8-10H2,1H3;7H,2-6H2,1H3. The van der Waals surface area contributed by atoms with Crippen LogP contribution in [0.2, 0.25) is 5.15 Å². The minimum absolute atomic E-state index is 0.221. The van der Waals surface area contributed by atoms with Gasteiger partial charge in [-0.15, -0.1) is 11.6 Å². The first kappa shape index (κ1) is 34.0. The largest absolute Gasteiger partial charge is 0.336 e. The number of nitrogens with zero attached hydrogens (tertiary/aromatic N) is 5. The van der Waals surface area contributed by atoms with E-state index in [0.717, 1.165) is 51.7 Å². The molecule has 3 atom stereocenters. The molecule has 2 aromatic rings. The number of amides is 3. The zero-order valence-electron chi connectivity index (χ0n) is 25.6. The predicted octanol–water partition coefficient (Wildman–Crippen LogP) is 6.67. The highest BCUT2D eigenvalue weighted by molar-refractivity contribution is 6.29. The summed E-state index contributed by atoms with van der Waals surface area (Å²) in [5, 5.41) is 0.687. The van der Waals surface area contributed by atoms with Gasteiger partial charge in [0.05, 0.1) is 19.3 Å². The quantitative estimate of drug-likeness (QED) is 0.208. The number of hydrogen-bond donors (Lipinski definition) is 0. The van der Waals surface area contributed by atoms with Crippen molar-refractivity contribution in [3.8, 4) is 0 Å². The van der Waals surface area contributed by atoms with Crippen molar-refractivity contribution >= 4 is 40.9 Å². The van der Waals surface area contributed by atoms with Gasteiger partial charge in [-0.1, -0.05) is 51.6 Å². The summed E-state index contributed by atoms with van der Waals surface area (Å²) in [5.74, 6) is 2.46. The highest BCUT2D eigenvalue weighted by Crippen LogP contribution is 2.24. The van der Waals surface area contributed by atoms with Crippen LogP contribution in [0.1, 0.15) is 78.6 Å². The predicted molar refractivity (Wildman–Crippen MR) is 169 cm³/mol. The van der Waals surface area contributed by atoms with E-state index in [9.17, 15) is 14.4 Å². The molecule has 3 aliphatic rings. The van der Waals surface area contributed by atoms with Crippen molar-refractivity contribution in [1.29, 1.82) is 0 Å². The van der Waals surface area contributed by atoms with Crippen molar-refractivity contribution in [3.05, 3.63) is 48.0 Å². The van der Waals surface area contributed by atoms with E-state index in [2.05, 4.69) is 20.8 Å². The molecule has 0 radical (unpaired) electrons. The molecule has 3 fully saturated rings. The highest BCUT2D eigenvalue weighted by atomic mass is 35.5. The third-order valence-electron chi connectivity index (χ3n) is 8.22. The van der Waals surface area contributed by atoms with Crippen LogP contribution in [0.25, 0.3) is 0 Å². The second-order valence-electron chi connectivity index (χ2n) is 11.8. The third-order valence-corrected chi connectivity index (χ3v) is 8.85. The fraction of sp³-hybridized carbons (Fsp3) is 0.656. The molecule has 3 aliphatic heterocycles. The molecule has 10 heteroatoms. The van der Waals surface area contributed by atoms with Crippen molar-refractivity contribution in [1.82, 2.24) is 23.8 Å². The number of rotatable bonds is 11. The molecule has 3 amide bonds. The Morgan fingerprint density at radius 2 is 1.12 bits per heavy atom. The smallest absolute Gasteiger partial charge is 0.224 e. The number of carbonyl (C=O) groups is 3. The van der Waals surface area contributed by atoms with E-state index in [-0.39, 0.29) is 11.8 Å². The minimum atomic E-state index is 0.221. The fourth-order valence-electron chi connectivity index (χ4n) is 6.11. The van der Waals surface area contributed by atoms with Crippen LogP contribution in [0.4, 0.5) is 0 Å². The van der Waals surface area contributed by atoms with E-state index in [0.29, 0.717) is 61.0 Å². The number of halogens is 2. The van der Waals surface area contributed by atoms with Crippen LogP contribution in [-0.4, -0.2) is 67.2 Å². The summed E-state index contributed by atoms with van der Waals surface area (Å²) in [6.07, 6.45) is 15.0. The Hall–Kier alpha value is -2.45. The maximum absolute atomic E-state index is 11.8. The first-order chi connectivity index (χ1) is 20.3. The van der Waals surface area contributed by atoms with E-state index in [1.54, 1.807) is 4.90 Å². The molecule has 0 spiro atoms. The van der Waals surface area contributed by atoms with Crippen LogP contribution in [0.3, 0.4) is 0 Å². The van der Waals surface area contributed by atoms with Crippen LogP contribution in [-0.2, 0) is 27.7 Å². The molecule has 0 bridgehead atoms. The monoisotopic (exact) mass is 621 g/mol. The van der Waals surface area contributed by atoms with E-state index in [4.69, 9.17) is 23.2 Å². The first-order valence-electron chi connectivity index (χ1n) is 15.6. The van der Waals surface area contributed by atoms with Crippen molar-refractivity contribution in [2.75, 3.05) is 25.6 Å². The molecule has 0 aliphatic carbocycles. The SMILES string of the molecule is CCCC1CC(=O)N(CCl)C1.CCCC1CC(=O)N(Cn2cccc2)C1.CCCC1CC(=O)N(Cn2cccc2Cl)C1. The second-order valence-corrected chi connectivity index (χ2v) is 12.5. The Bertz CT molecular complexity index is 1110. The van der Waals surface area contributed by atoms with E-state index < -0.39 is 0 Å². The fourth-order valence-corrected chi connectivity index (χ4v) is 6.52. The molecule has 3 saturated heterocycles. The average molecular weight is 623 g/mol. The molecule has 0 saturated carbocycles. The van der Waals surface area contributed by atoms with Crippen LogP contribution in [0.5, 0.6) is 0 Å². The van der Waals surface area contributed by atoms with Gasteiger partial charge < -0.3 is 23.8 Å². The number of alkyl halides is 1.